The molecule has 0 saturated carbocycles. The topological polar surface area (TPSA) is 88.9 Å². The number of aliphatic hydroxyl groups excluding tert-OH is 1. The first kappa shape index (κ1) is 29.4. The highest BCUT2D eigenvalue weighted by Gasteiger charge is 2.41. The van der Waals surface area contributed by atoms with E-state index < -0.39 is 42.2 Å². The minimum atomic E-state index is -4.78. The number of hydrogen-bond donors (Lipinski definition) is 2. The maximum Gasteiger partial charge on any atom is 0.435 e. The van der Waals surface area contributed by atoms with E-state index in [4.69, 9.17) is 4.74 Å². The number of nitrogens with zero attached hydrogens (tertiary/aromatic N) is 3. The fourth-order valence-corrected chi connectivity index (χ4v) is 4.47. The average molecular weight is 573 g/mol. The quantitative estimate of drug-likeness (QED) is 0.160. The van der Waals surface area contributed by atoms with Gasteiger partial charge in [0, 0.05) is 13.1 Å². The molecule has 8 nitrogen and oxygen atoms in total. The summed E-state index contributed by atoms with van der Waals surface area (Å²) in [7, 11) is 1.25. The number of aromatic nitrogens is 2. The van der Waals surface area contributed by atoms with E-state index in [-0.39, 0.29) is 49.9 Å². The predicted molar refractivity (Wildman–Crippen MR) is 130 cm³/mol. The van der Waals surface area contributed by atoms with Crippen LogP contribution in [0.1, 0.15) is 44.3 Å². The minimum Gasteiger partial charge on any atom is -0.465 e. The lowest BCUT2D eigenvalue weighted by Gasteiger charge is -2.21. The highest BCUT2D eigenvalue weighted by molar-refractivity contribution is 5.89. The van der Waals surface area contributed by atoms with Crippen LogP contribution in [0.4, 0.5) is 32.2 Å². The van der Waals surface area contributed by atoms with E-state index in [1.807, 2.05) is 0 Å². The highest BCUT2D eigenvalue weighted by atomic mass is 19.4. The highest BCUT2D eigenvalue weighted by Crippen LogP contribution is 2.39. The number of rotatable bonds is 10. The van der Waals surface area contributed by atoms with E-state index >= 15 is 0 Å². The smallest absolute Gasteiger partial charge is 0.435 e. The Bertz CT molecular complexity index is 1320. The summed E-state index contributed by atoms with van der Waals surface area (Å²) in [5.41, 5.74) is -1.01. The lowest BCUT2D eigenvalue weighted by atomic mass is 10.1. The molecule has 216 valence electrons. The number of halogens is 6. The number of ether oxygens (including phenoxy) is 2. The van der Waals surface area contributed by atoms with Crippen molar-refractivity contribution in [1.29, 1.82) is 0 Å². The molecule has 0 radical (unpaired) electrons. The van der Waals surface area contributed by atoms with Crippen molar-refractivity contribution in [3.8, 4) is 0 Å². The molecule has 2 N–H and O–H groups in total. The molecule has 1 aliphatic rings. The fraction of sp³-hybridized carbons (Fsp3) is 0.385. The Morgan fingerprint density at radius 2 is 1.80 bits per heavy atom. The summed E-state index contributed by atoms with van der Waals surface area (Å²) in [4.78, 5) is 13.1. The molecule has 0 spiro atoms. The second-order valence-electron chi connectivity index (χ2n) is 9.04. The van der Waals surface area contributed by atoms with E-state index in [2.05, 4.69) is 15.2 Å². The summed E-state index contributed by atoms with van der Waals surface area (Å²) in [6, 6.07) is 10.2. The zero-order chi connectivity index (χ0) is 29.1. The van der Waals surface area contributed by atoms with Gasteiger partial charge in [0.2, 0.25) is 0 Å². The number of methoxy groups -OCH3 is 1. The molecular weight excluding hydrogens is 546 g/mol. The van der Waals surface area contributed by atoms with Crippen molar-refractivity contribution in [2.24, 2.45) is 0 Å². The average Bonchev–Trinajstić information content (AvgIpc) is 3.48. The van der Waals surface area contributed by atoms with Crippen molar-refractivity contribution < 1.29 is 45.7 Å². The van der Waals surface area contributed by atoms with Crippen LogP contribution in [0, 0.1) is 0 Å². The van der Waals surface area contributed by atoms with Gasteiger partial charge in [0.1, 0.15) is 5.82 Å². The van der Waals surface area contributed by atoms with E-state index in [0.717, 1.165) is 12.1 Å². The molecule has 2 heterocycles. The molecular formula is C26H26F6N4O4. The third-order valence-electron chi connectivity index (χ3n) is 6.39. The molecule has 0 saturated heterocycles. The largest absolute Gasteiger partial charge is 0.465 e. The number of esters is 1. The van der Waals surface area contributed by atoms with Crippen LogP contribution < -0.4 is 10.2 Å². The third kappa shape index (κ3) is 6.57. The Morgan fingerprint density at radius 1 is 1.07 bits per heavy atom. The van der Waals surface area contributed by atoms with Gasteiger partial charge in [-0.25, -0.2) is 9.48 Å². The van der Waals surface area contributed by atoms with Crippen LogP contribution in [-0.2, 0) is 41.5 Å². The normalized spacial score (nSPS) is 14.3. The molecule has 1 aliphatic heterocycles. The summed E-state index contributed by atoms with van der Waals surface area (Å²) in [5.74, 6) is -0.401. The number of aliphatic hydroxyl groups is 1. The van der Waals surface area contributed by atoms with Gasteiger partial charge in [-0.3, -0.25) is 5.32 Å². The zero-order valence-corrected chi connectivity index (χ0v) is 21.2. The third-order valence-corrected chi connectivity index (χ3v) is 6.39. The standard InChI is InChI=1S/C26H26F6N4O4/c1-39-24(38)18-7-5-17(6-8-18)21(13-37)33-15-40-14-20-22(26(30,31)32)34-36-10-9-35(23(20)36)12-16-3-2-4-19(11-16)25(27,28)29/h2-8,11,21,33,37H,9-10,12-15H2,1H3. The number of benzene rings is 2. The number of fused-ring (bicyclic) bond motifs is 1. The Morgan fingerprint density at radius 3 is 2.42 bits per heavy atom. The summed E-state index contributed by atoms with van der Waals surface area (Å²) >= 11 is 0. The predicted octanol–water partition coefficient (Wildman–Crippen LogP) is 4.52. The van der Waals surface area contributed by atoms with E-state index in [1.54, 1.807) is 17.0 Å². The van der Waals surface area contributed by atoms with E-state index in [9.17, 15) is 36.2 Å². The first-order valence-electron chi connectivity index (χ1n) is 12.1. The second-order valence-corrected chi connectivity index (χ2v) is 9.04. The Balaban J connectivity index is 1.47. The van der Waals surface area contributed by atoms with E-state index in [0.29, 0.717) is 11.1 Å². The zero-order valence-electron chi connectivity index (χ0n) is 21.2. The van der Waals surface area contributed by atoms with Crippen molar-refractivity contribution in [1.82, 2.24) is 15.1 Å². The number of carbonyl (C=O) groups excluding carboxylic acids is 1. The van der Waals surface area contributed by atoms with Crippen LogP contribution in [-0.4, -0.2) is 47.8 Å². The van der Waals surface area contributed by atoms with Crippen LogP contribution in [0.2, 0.25) is 0 Å². The van der Waals surface area contributed by atoms with Crippen LogP contribution in [0.3, 0.4) is 0 Å². The number of hydrogen-bond acceptors (Lipinski definition) is 7. The van der Waals surface area contributed by atoms with Gasteiger partial charge in [-0.2, -0.15) is 31.4 Å². The van der Waals surface area contributed by atoms with Gasteiger partial charge >= 0.3 is 18.3 Å². The van der Waals surface area contributed by atoms with Crippen molar-refractivity contribution in [2.75, 3.05) is 31.9 Å². The molecule has 0 fully saturated rings. The van der Waals surface area contributed by atoms with Crippen LogP contribution in [0.15, 0.2) is 48.5 Å². The van der Waals surface area contributed by atoms with Gasteiger partial charge in [0.25, 0.3) is 0 Å². The van der Waals surface area contributed by atoms with Crippen molar-refractivity contribution in [3.63, 3.8) is 0 Å². The molecule has 14 heteroatoms. The number of anilines is 1. The summed E-state index contributed by atoms with van der Waals surface area (Å²) < 4.78 is 92.2. The van der Waals surface area contributed by atoms with Gasteiger partial charge in [0.05, 0.1) is 56.3 Å². The lowest BCUT2D eigenvalue weighted by molar-refractivity contribution is -0.142. The molecule has 0 aliphatic carbocycles. The SMILES string of the molecule is COC(=O)c1ccc(C(CO)NCOCc2c(C(F)(F)F)nn3c2N(Cc2cccc(C(F)(F)F)c2)CC3)cc1. The van der Waals surface area contributed by atoms with Crippen molar-refractivity contribution in [2.45, 2.75) is 38.1 Å². The summed E-state index contributed by atoms with van der Waals surface area (Å²) in [5, 5.41) is 16.4. The molecule has 1 atom stereocenters. The van der Waals surface area contributed by atoms with Gasteiger partial charge in [-0.15, -0.1) is 0 Å². The number of nitrogens with one attached hydrogen (secondary N) is 1. The van der Waals surface area contributed by atoms with Crippen molar-refractivity contribution >= 4 is 11.8 Å². The first-order chi connectivity index (χ1) is 18.9. The van der Waals surface area contributed by atoms with E-state index in [1.165, 1.54) is 36.1 Å². The molecule has 40 heavy (non-hydrogen) atoms. The molecule has 4 rings (SSSR count). The molecule has 1 unspecified atom stereocenters. The molecule has 2 aromatic carbocycles. The van der Waals surface area contributed by atoms with Gasteiger partial charge in [-0.1, -0.05) is 24.3 Å². The lowest BCUT2D eigenvalue weighted by Crippen LogP contribution is -2.27. The molecule has 0 amide bonds. The Kier molecular flexibility index (Phi) is 8.71. The summed E-state index contributed by atoms with van der Waals surface area (Å²) in [6.07, 6.45) is -9.32. The van der Waals surface area contributed by atoms with Crippen LogP contribution in [0.5, 0.6) is 0 Å². The number of carbonyl (C=O) groups is 1. The maximum atomic E-state index is 13.8. The molecule has 3 aromatic rings. The van der Waals surface area contributed by atoms with Gasteiger partial charge in [0.15, 0.2) is 5.69 Å². The van der Waals surface area contributed by atoms with Gasteiger partial charge in [-0.05, 0) is 35.4 Å². The van der Waals surface area contributed by atoms with Gasteiger partial charge < -0.3 is 19.5 Å². The second kappa shape index (κ2) is 11.9. The molecule has 0 bridgehead atoms. The maximum absolute atomic E-state index is 13.8. The minimum absolute atomic E-state index is 0.0493. The van der Waals surface area contributed by atoms with Crippen LogP contribution in [0.25, 0.3) is 0 Å². The summed E-state index contributed by atoms with van der Waals surface area (Å²) in [6.45, 7) is -0.746. The van der Waals surface area contributed by atoms with Crippen molar-refractivity contribution in [3.05, 3.63) is 82.0 Å². The van der Waals surface area contributed by atoms with Crippen LogP contribution >= 0.6 is 0 Å². The first-order valence-corrected chi connectivity index (χ1v) is 12.1. The Labute approximate surface area is 225 Å². The monoisotopic (exact) mass is 572 g/mol. The fourth-order valence-electron chi connectivity index (χ4n) is 4.47. The number of alkyl halides is 6. The Hall–Kier alpha value is -3.62. The molecule has 1 aromatic heterocycles.